The van der Waals surface area contributed by atoms with Crippen molar-refractivity contribution < 1.29 is 18.7 Å². The number of carbonyl (C=O) groups is 1. The van der Waals surface area contributed by atoms with Crippen molar-refractivity contribution in [2.45, 2.75) is 6.42 Å². The third kappa shape index (κ3) is 5.49. The van der Waals surface area contributed by atoms with Crippen molar-refractivity contribution in [2.75, 3.05) is 6.61 Å². The Hall–Kier alpha value is -0.510. The van der Waals surface area contributed by atoms with Crippen LogP contribution in [-0.4, -0.2) is 12.6 Å². The minimum atomic E-state index is -1.56. The van der Waals surface area contributed by atoms with E-state index in [1.807, 2.05) is 0 Å². The molecule has 0 aliphatic rings. The van der Waals surface area contributed by atoms with E-state index in [1.165, 1.54) is 0 Å². The molecule has 0 spiro atoms. The molecule has 0 atom stereocenters. The van der Waals surface area contributed by atoms with Gasteiger partial charge in [-0.15, -0.1) is 0 Å². The van der Waals surface area contributed by atoms with Crippen LogP contribution in [0.25, 0.3) is 0 Å². The number of rotatable bonds is 3. The number of carbonyl (C=O) groups excluding carboxylic acids is 1. The van der Waals surface area contributed by atoms with Crippen molar-refractivity contribution in [3.05, 3.63) is 0 Å². The van der Waals surface area contributed by atoms with Gasteiger partial charge in [0.05, 0.1) is 13.0 Å². The van der Waals surface area contributed by atoms with Crippen molar-refractivity contribution in [1.29, 1.82) is 0 Å². The fraction of sp³-hybridized carbons (Fsp3) is 0.667. The molecule has 0 aliphatic heterocycles. The molecule has 0 saturated carbocycles. The van der Waals surface area contributed by atoms with E-state index in [0.29, 0.717) is 0 Å². The molecule has 0 aromatic heterocycles. The monoisotopic (exact) mass is 110 g/mol. The van der Waals surface area contributed by atoms with Crippen LogP contribution in [0, 0.1) is 0 Å². The molecule has 0 radical (unpaired) electrons. The van der Waals surface area contributed by atoms with Crippen LogP contribution in [-0.2, 0) is 9.74 Å². The maximum absolute atomic E-state index is 11.0. The average molecular weight is 110 g/mol. The summed E-state index contributed by atoms with van der Waals surface area (Å²) >= 11 is 0. The van der Waals surface area contributed by atoms with Crippen LogP contribution in [0.4, 0.5) is 8.92 Å². The molecule has 4 heteroatoms. The maximum atomic E-state index is 11.0. The van der Waals surface area contributed by atoms with Crippen LogP contribution < -0.4 is 0 Å². The molecule has 0 bridgehead atoms. The molecule has 0 saturated heterocycles. The highest BCUT2D eigenvalue weighted by molar-refractivity contribution is 5.67. The van der Waals surface area contributed by atoms with Crippen molar-refractivity contribution in [1.82, 2.24) is 0 Å². The standard InChI is InChI=1S/C3H4F2O2/c4-3(6)1-2-7-5/h1-2H2. The van der Waals surface area contributed by atoms with Gasteiger partial charge in [0.1, 0.15) is 0 Å². The Bertz CT molecular complexity index is 64.0. The summed E-state index contributed by atoms with van der Waals surface area (Å²) in [6, 6.07) is -1.56. The van der Waals surface area contributed by atoms with E-state index in [0.717, 1.165) is 0 Å². The van der Waals surface area contributed by atoms with Gasteiger partial charge in [-0.25, -0.2) is 0 Å². The minimum absolute atomic E-state index is 0.491. The lowest BCUT2D eigenvalue weighted by Gasteiger charge is -1.81. The summed E-state index contributed by atoms with van der Waals surface area (Å²) in [5, 5.41) is 0. The van der Waals surface area contributed by atoms with E-state index >= 15 is 0 Å². The van der Waals surface area contributed by atoms with Gasteiger partial charge in [-0.1, -0.05) is 0 Å². The first kappa shape index (κ1) is 6.49. The van der Waals surface area contributed by atoms with Gasteiger partial charge in [-0.05, 0) is 4.53 Å². The van der Waals surface area contributed by atoms with Crippen LogP contribution in [0.15, 0.2) is 0 Å². The van der Waals surface area contributed by atoms with Gasteiger partial charge in [0.25, 0.3) is 0 Å². The van der Waals surface area contributed by atoms with Gasteiger partial charge in [0.2, 0.25) is 0 Å². The van der Waals surface area contributed by atoms with Crippen LogP contribution >= 0.6 is 0 Å². The van der Waals surface area contributed by atoms with Crippen molar-refractivity contribution in [2.24, 2.45) is 0 Å². The van der Waals surface area contributed by atoms with E-state index in [2.05, 4.69) is 4.94 Å². The first-order chi connectivity index (χ1) is 3.27. The van der Waals surface area contributed by atoms with Crippen LogP contribution in [0.5, 0.6) is 0 Å². The van der Waals surface area contributed by atoms with E-state index in [1.54, 1.807) is 0 Å². The maximum Gasteiger partial charge on any atom is 0.303 e. The highest BCUT2D eigenvalue weighted by Crippen LogP contribution is 1.84. The van der Waals surface area contributed by atoms with Gasteiger partial charge in [-0.3, -0.25) is 4.79 Å². The van der Waals surface area contributed by atoms with Gasteiger partial charge in [0, 0.05) is 0 Å². The first-order valence-corrected chi connectivity index (χ1v) is 1.69. The van der Waals surface area contributed by atoms with Crippen LogP contribution in [0.2, 0.25) is 0 Å². The van der Waals surface area contributed by atoms with E-state index in [-0.39, 0.29) is 0 Å². The summed E-state index contributed by atoms with van der Waals surface area (Å²) < 4.78 is 21.5. The smallest absolute Gasteiger partial charge is 0.261 e. The molecule has 0 aromatic carbocycles. The van der Waals surface area contributed by atoms with Crippen LogP contribution in [0.1, 0.15) is 6.42 Å². The molecular weight excluding hydrogens is 106 g/mol. The molecule has 0 aliphatic carbocycles. The summed E-state index contributed by atoms with van der Waals surface area (Å²) in [6.07, 6.45) is -0.503. The second-order valence-electron chi connectivity index (χ2n) is 0.918. The van der Waals surface area contributed by atoms with Gasteiger partial charge < -0.3 is 0 Å². The molecule has 0 unspecified atom stereocenters. The second kappa shape index (κ2) is 3.67. The fourth-order valence-electron chi connectivity index (χ4n) is 0.119. The summed E-state index contributed by atoms with van der Waals surface area (Å²) in [5.74, 6) is 0. The zero-order valence-electron chi connectivity index (χ0n) is 3.49. The van der Waals surface area contributed by atoms with Crippen molar-refractivity contribution >= 4 is 6.04 Å². The third-order valence-electron chi connectivity index (χ3n) is 0.376. The lowest BCUT2D eigenvalue weighted by atomic mass is 10.5. The fourth-order valence-corrected chi connectivity index (χ4v) is 0.119. The first-order valence-electron chi connectivity index (χ1n) is 1.69. The quantitative estimate of drug-likeness (QED) is 0.501. The molecule has 0 amide bonds. The molecule has 0 N–H and O–H groups in total. The average Bonchev–Trinajstić information content (AvgIpc) is 1.61. The molecule has 42 valence electrons. The Morgan fingerprint density at radius 2 is 2.29 bits per heavy atom. The Kier molecular flexibility index (Phi) is 3.40. The summed E-state index contributed by atoms with van der Waals surface area (Å²) in [7, 11) is 0. The molecule has 0 fully saturated rings. The van der Waals surface area contributed by atoms with Crippen LogP contribution in [0.3, 0.4) is 0 Å². The molecule has 0 aromatic rings. The Morgan fingerprint density at radius 3 is 2.43 bits per heavy atom. The lowest BCUT2D eigenvalue weighted by molar-refractivity contribution is -0.148. The lowest BCUT2D eigenvalue weighted by Crippen LogP contribution is -1.92. The van der Waals surface area contributed by atoms with E-state index in [9.17, 15) is 13.7 Å². The summed E-state index contributed by atoms with van der Waals surface area (Å²) in [6.45, 7) is -0.491. The van der Waals surface area contributed by atoms with Crippen molar-refractivity contribution in [3.8, 4) is 0 Å². The molecular formula is C3H4F2O2. The third-order valence-corrected chi connectivity index (χ3v) is 0.376. The summed E-state index contributed by atoms with van der Waals surface area (Å²) in [4.78, 5) is 12.2. The number of halogens is 2. The Balaban J connectivity index is 2.82. The summed E-state index contributed by atoms with van der Waals surface area (Å²) in [5.41, 5.74) is 0. The predicted molar refractivity (Wildman–Crippen MR) is 17.8 cm³/mol. The predicted octanol–water partition coefficient (Wildman–Crippen LogP) is 0.774. The zero-order chi connectivity index (χ0) is 5.70. The SMILES string of the molecule is O=C(F)CCOF. The minimum Gasteiger partial charge on any atom is -0.261 e. The van der Waals surface area contributed by atoms with Gasteiger partial charge in [0.15, 0.2) is 0 Å². The zero-order valence-corrected chi connectivity index (χ0v) is 3.49. The van der Waals surface area contributed by atoms with Crippen molar-refractivity contribution in [3.63, 3.8) is 0 Å². The molecule has 7 heavy (non-hydrogen) atoms. The number of hydrogen-bond donors (Lipinski definition) is 0. The highest BCUT2D eigenvalue weighted by Gasteiger charge is 1.95. The largest absolute Gasteiger partial charge is 0.303 e. The number of hydrogen-bond acceptors (Lipinski definition) is 2. The van der Waals surface area contributed by atoms with Gasteiger partial charge in [-0.2, -0.15) is 9.33 Å². The molecule has 0 rings (SSSR count). The normalized spacial score (nSPS) is 8.86. The van der Waals surface area contributed by atoms with Gasteiger partial charge >= 0.3 is 6.04 Å². The van der Waals surface area contributed by atoms with E-state index < -0.39 is 19.1 Å². The molecule has 0 heterocycles. The Morgan fingerprint density at radius 1 is 1.71 bits per heavy atom. The van der Waals surface area contributed by atoms with E-state index in [4.69, 9.17) is 0 Å². The highest BCUT2D eigenvalue weighted by atomic mass is 19.3. The second-order valence-corrected chi connectivity index (χ2v) is 0.918. The molecule has 2 nitrogen and oxygen atoms in total. The Labute approximate surface area is 39.0 Å². The topological polar surface area (TPSA) is 26.3 Å².